The van der Waals surface area contributed by atoms with Gasteiger partial charge in [-0.1, -0.05) is 15.9 Å². The van der Waals surface area contributed by atoms with Gasteiger partial charge in [0.2, 0.25) is 0 Å². The van der Waals surface area contributed by atoms with Gasteiger partial charge in [0, 0.05) is 11.5 Å². The van der Waals surface area contributed by atoms with Gasteiger partial charge in [0.15, 0.2) is 0 Å². The van der Waals surface area contributed by atoms with Crippen molar-refractivity contribution in [3.05, 3.63) is 42.2 Å². The van der Waals surface area contributed by atoms with Crippen molar-refractivity contribution in [2.75, 3.05) is 6.61 Å². The Morgan fingerprint density at radius 1 is 1.25 bits per heavy atom. The maximum Gasteiger partial charge on any atom is 0.119 e. The average molecular weight is 281 g/mol. The Kier molecular flexibility index (Phi) is 3.62. The van der Waals surface area contributed by atoms with Crippen LogP contribution < -0.4 is 4.74 Å². The summed E-state index contributed by atoms with van der Waals surface area (Å²) in [5.74, 6) is 0.888. The second-order valence-corrected chi connectivity index (χ2v) is 3.87. The fraction of sp³-hybridized carbons (Fsp3) is 0.250. The van der Waals surface area contributed by atoms with Gasteiger partial charge in [-0.05, 0) is 37.3 Å². The van der Waals surface area contributed by atoms with E-state index < -0.39 is 0 Å². The van der Waals surface area contributed by atoms with E-state index in [9.17, 15) is 0 Å². The van der Waals surface area contributed by atoms with E-state index in [0.717, 1.165) is 22.5 Å². The fourth-order valence-corrected chi connectivity index (χ4v) is 1.74. The van der Waals surface area contributed by atoms with Gasteiger partial charge in [-0.2, -0.15) is 5.10 Å². The van der Waals surface area contributed by atoms with Gasteiger partial charge < -0.3 is 4.74 Å². The zero-order valence-electron chi connectivity index (χ0n) is 9.06. The molecule has 0 amide bonds. The molecule has 1 heterocycles. The minimum Gasteiger partial charge on any atom is -0.494 e. The number of halogens is 1. The summed E-state index contributed by atoms with van der Waals surface area (Å²) in [5.41, 5.74) is 2.06. The lowest BCUT2D eigenvalue weighted by atomic mass is 10.3. The third kappa shape index (κ3) is 2.44. The van der Waals surface area contributed by atoms with Crippen LogP contribution in [-0.2, 0) is 5.33 Å². The standard InChI is InChI=1S/C12H13BrN2O/c1-2-16-12-5-3-11(4-6-12)15-8-7-10(9-13)14-15/h3-8H,2,9H2,1H3. The van der Waals surface area contributed by atoms with Crippen molar-refractivity contribution in [3.63, 3.8) is 0 Å². The molecule has 0 radical (unpaired) electrons. The minimum absolute atomic E-state index is 0.689. The summed E-state index contributed by atoms with van der Waals surface area (Å²) in [6.07, 6.45) is 1.95. The van der Waals surface area contributed by atoms with Crippen molar-refractivity contribution in [2.24, 2.45) is 0 Å². The first-order valence-corrected chi connectivity index (χ1v) is 6.29. The van der Waals surface area contributed by atoms with Gasteiger partial charge in [0.25, 0.3) is 0 Å². The van der Waals surface area contributed by atoms with E-state index in [-0.39, 0.29) is 0 Å². The number of benzene rings is 1. The zero-order chi connectivity index (χ0) is 11.4. The van der Waals surface area contributed by atoms with E-state index in [0.29, 0.717) is 6.61 Å². The minimum atomic E-state index is 0.689. The first-order valence-electron chi connectivity index (χ1n) is 5.17. The molecule has 16 heavy (non-hydrogen) atoms. The predicted octanol–water partition coefficient (Wildman–Crippen LogP) is 3.17. The van der Waals surface area contributed by atoms with E-state index >= 15 is 0 Å². The highest BCUT2D eigenvalue weighted by Gasteiger charge is 2.00. The van der Waals surface area contributed by atoms with Gasteiger partial charge >= 0.3 is 0 Å². The number of nitrogens with zero attached hydrogens (tertiary/aromatic N) is 2. The number of ether oxygens (including phenoxy) is 1. The Balaban J connectivity index is 2.20. The van der Waals surface area contributed by atoms with Gasteiger partial charge in [0.05, 0.1) is 18.0 Å². The van der Waals surface area contributed by atoms with Gasteiger partial charge in [0.1, 0.15) is 5.75 Å². The number of hydrogen-bond acceptors (Lipinski definition) is 2. The van der Waals surface area contributed by atoms with E-state index in [1.54, 1.807) is 0 Å². The molecule has 2 aromatic rings. The summed E-state index contributed by atoms with van der Waals surface area (Å²) in [4.78, 5) is 0. The molecule has 1 aromatic carbocycles. The van der Waals surface area contributed by atoms with Gasteiger partial charge in [-0.15, -0.1) is 0 Å². The van der Waals surface area contributed by atoms with Crippen LogP contribution in [0.2, 0.25) is 0 Å². The van der Waals surface area contributed by atoms with Gasteiger partial charge in [-0.25, -0.2) is 4.68 Å². The smallest absolute Gasteiger partial charge is 0.119 e. The number of aromatic nitrogens is 2. The summed E-state index contributed by atoms with van der Waals surface area (Å²) in [6, 6.07) is 9.89. The van der Waals surface area contributed by atoms with Gasteiger partial charge in [-0.3, -0.25) is 0 Å². The van der Waals surface area contributed by atoms with Crippen molar-refractivity contribution in [1.29, 1.82) is 0 Å². The van der Waals surface area contributed by atoms with Crippen LogP contribution in [0.25, 0.3) is 5.69 Å². The molecule has 0 aliphatic heterocycles. The molecule has 4 heteroatoms. The van der Waals surface area contributed by atoms with Crippen LogP contribution in [0.3, 0.4) is 0 Å². The molecule has 0 atom stereocenters. The lowest BCUT2D eigenvalue weighted by molar-refractivity contribution is 0.340. The number of hydrogen-bond donors (Lipinski definition) is 0. The molecule has 1 aromatic heterocycles. The highest BCUT2D eigenvalue weighted by molar-refractivity contribution is 9.08. The quantitative estimate of drug-likeness (QED) is 0.805. The maximum absolute atomic E-state index is 5.39. The normalized spacial score (nSPS) is 10.4. The molecule has 0 unspecified atom stereocenters. The van der Waals surface area contributed by atoms with Crippen molar-refractivity contribution in [1.82, 2.24) is 9.78 Å². The first-order chi connectivity index (χ1) is 7.83. The Hall–Kier alpha value is -1.29. The zero-order valence-corrected chi connectivity index (χ0v) is 10.6. The highest BCUT2D eigenvalue weighted by atomic mass is 79.9. The van der Waals surface area contributed by atoms with Crippen LogP contribution in [0.5, 0.6) is 5.75 Å². The molecule has 2 rings (SSSR count). The van der Waals surface area contributed by atoms with Crippen LogP contribution in [0.4, 0.5) is 0 Å². The molecule has 84 valence electrons. The van der Waals surface area contributed by atoms with Crippen LogP contribution in [0.1, 0.15) is 12.6 Å². The molecular weight excluding hydrogens is 268 g/mol. The lowest BCUT2D eigenvalue weighted by Crippen LogP contribution is -1.96. The molecule has 0 N–H and O–H groups in total. The summed E-state index contributed by atoms with van der Waals surface area (Å²) >= 11 is 3.38. The van der Waals surface area contributed by atoms with Crippen molar-refractivity contribution in [3.8, 4) is 11.4 Å². The lowest BCUT2D eigenvalue weighted by Gasteiger charge is -2.04. The molecule has 0 saturated heterocycles. The molecule has 0 bridgehead atoms. The maximum atomic E-state index is 5.39. The molecule has 0 aliphatic rings. The topological polar surface area (TPSA) is 27.1 Å². The third-order valence-corrected chi connectivity index (χ3v) is 2.77. The average Bonchev–Trinajstić information content (AvgIpc) is 2.79. The van der Waals surface area contributed by atoms with Crippen molar-refractivity contribution < 1.29 is 4.74 Å². The monoisotopic (exact) mass is 280 g/mol. The summed E-state index contributed by atoms with van der Waals surface area (Å²) in [7, 11) is 0. The molecule has 0 fully saturated rings. The Labute approximate surface area is 103 Å². The number of rotatable bonds is 4. The van der Waals surface area contributed by atoms with E-state index in [1.165, 1.54) is 0 Å². The SMILES string of the molecule is CCOc1ccc(-n2ccc(CBr)n2)cc1. The largest absolute Gasteiger partial charge is 0.494 e. The van der Waals surface area contributed by atoms with E-state index in [2.05, 4.69) is 21.0 Å². The van der Waals surface area contributed by atoms with E-state index in [4.69, 9.17) is 4.74 Å². The predicted molar refractivity (Wildman–Crippen MR) is 67.4 cm³/mol. The Morgan fingerprint density at radius 2 is 2.00 bits per heavy atom. The summed E-state index contributed by atoms with van der Waals surface area (Å²) in [5, 5.41) is 5.18. The Morgan fingerprint density at radius 3 is 2.56 bits per heavy atom. The van der Waals surface area contributed by atoms with Crippen LogP contribution in [-0.4, -0.2) is 16.4 Å². The van der Waals surface area contributed by atoms with Crippen molar-refractivity contribution in [2.45, 2.75) is 12.3 Å². The number of alkyl halides is 1. The van der Waals surface area contributed by atoms with Crippen LogP contribution in [0, 0.1) is 0 Å². The molecule has 0 saturated carbocycles. The highest BCUT2D eigenvalue weighted by Crippen LogP contribution is 2.15. The second-order valence-electron chi connectivity index (χ2n) is 3.31. The fourth-order valence-electron chi connectivity index (χ4n) is 1.44. The van der Waals surface area contributed by atoms with Crippen molar-refractivity contribution >= 4 is 15.9 Å². The molecule has 0 spiro atoms. The molecule has 3 nitrogen and oxygen atoms in total. The van der Waals surface area contributed by atoms with Crippen LogP contribution in [0.15, 0.2) is 36.5 Å². The Bertz CT molecular complexity index is 450. The first kappa shape index (κ1) is 11.2. The molecule has 0 aliphatic carbocycles. The second kappa shape index (κ2) is 5.16. The third-order valence-electron chi connectivity index (χ3n) is 2.19. The summed E-state index contributed by atoms with van der Waals surface area (Å²) in [6.45, 7) is 2.67. The van der Waals surface area contributed by atoms with Crippen LogP contribution >= 0.6 is 15.9 Å². The van der Waals surface area contributed by atoms with E-state index in [1.807, 2.05) is 48.1 Å². The summed E-state index contributed by atoms with van der Waals surface area (Å²) < 4.78 is 7.24. The molecular formula is C12H13BrN2O.